The lowest BCUT2D eigenvalue weighted by atomic mass is 9.81. The number of rotatable bonds is 3. The van der Waals surface area contributed by atoms with Crippen LogP contribution in [0.15, 0.2) is 29.4 Å². The number of nitrogens with two attached hydrogens (primary N) is 1. The van der Waals surface area contributed by atoms with Gasteiger partial charge in [0.1, 0.15) is 11.4 Å². The van der Waals surface area contributed by atoms with Gasteiger partial charge in [0.2, 0.25) is 0 Å². The minimum Gasteiger partial charge on any atom is -0.409 e. The molecule has 0 heterocycles. The van der Waals surface area contributed by atoms with Crippen molar-refractivity contribution in [2.45, 2.75) is 37.6 Å². The van der Waals surface area contributed by atoms with Crippen molar-refractivity contribution >= 4 is 17.6 Å². The smallest absolute Gasteiger partial charge is 0.320 e. The van der Waals surface area contributed by atoms with Crippen LogP contribution in [0.3, 0.4) is 0 Å². The van der Waals surface area contributed by atoms with Crippen LogP contribution in [0.5, 0.6) is 0 Å². The van der Waals surface area contributed by atoms with E-state index >= 15 is 0 Å². The van der Waals surface area contributed by atoms with Crippen LogP contribution < -0.4 is 16.4 Å². The molecule has 1 fully saturated rings. The van der Waals surface area contributed by atoms with Gasteiger partial charge in [-0.05, 0) is 25.0 Å². The van der Waals surface area contributed by atoms with Gasteiger partial charge in [-0.15, -0.1) is 0 Å². The molecule has 1 aromatic carbocycles. The molecule has 2 rings (SSSR count). The fraction of sp³-hybridized carbons (Fsp3) is 0.429. The fourth-order valence-electron chi connectivity index (χ4n) is 2.63. The summed E-state index contributed by atoms with van der Waals surface area (Å²) in [4.78, 5) is 12.1. The van der Waals surface area contributed by atoms with Gasteiger partial charge in [0, 0.05) is 0 Å². The van der Waals surface area contributed by atoms with Gasteiger partial charge >= 0.3 is 6.03 Å². The van der Waals surface area contributed by atoms with Crippen molar-refractivity contribution in [1.29, 1.82) is 0 Å². The number of oxime groups is 1. The number of carbonyl (C=O) groups excluding carboxylic acids is 1. The van der Waals surface area contributed by atoms with E-state index in [0.29, 0.717) is 12.8 Å². The highest BCUT2D eigenvalue weighted by atomic mass is 19.1. The summed E-state index contributed by atoms with van der Waals surface area (Å²) in [6, 6.07) is 5.31. The maximum absolute atomic E-state index is 13.5. The maximum atomic E-state index is 13.5. The highest BCUT2D eigenvalue weighted by Gasteiger charge is 2.38. The zero-order chi connectivity index (χ0) is 15.3. The summed E-state index contributed by atoms with van der Waals surface area (Å²) in [6.45, 7) is 0. The summed E-state index contributed by atoms with van der Waals surface area (Å²) in [6.07, 6.45) is 3.96. The van der Waals surface area contributed by atoms with E-state index in [4.69, 9.17) is 10.9 Å². The Morgan fingerprint density at radius 1 is 1.29 bits per heavy atom. The average Bonchev–Trinajstić information content (AvgIpc) is 2.49. The normalized spacial score (nSPS) is 18.0. The SMILES string of the molecule is N/C(=N/O)C1(NC(=O)Nc2ccccc2F)CCCCC1. The van der Waals surface area contributed by atoms with Gasteiger partial charge in [-0.25, -0.2) is 9.18 Å². The van der Waals surface area contributed by atoms with E-state index in [1.807, 2.05) is 0 Å². The number of anilines is 1. The maximum Gasteiger partial charge on any atom is 0.320 e. The van der Waals surface area contributed by atoms with Gasteiger partial charge in [0.15, 0.2) is 5.84 Å². The molecule has 6 nitrogen and oxygen atoms in total. The number of benzene rings is 1. The van der Waals surface area contributed by atoms with Crippen LogP contribution in [0.1, 0.15) is 32.1 Å². The van der Waals surface area contributed by atoms with E-state index in [-0.39, 0.29) is 11.5 Å². The highest BCUT2D eigenvalue weighted by Crippen LogP contribution is 2.28. The van der Waals surface area contributed by atoms with Crippen LogP contribution in [0, 0.1) is 5.82 Å². The summed E-state index contributed by atoms with van der Waals surface area (Å²) in [5.74, 6) is -0.542. The molecule has 0 saturated heterocycles. The van der Waals surface area contributed by atoms with Gasteiger partial charge in [0.05, 0.1) is 5.69 Å². The topological polar surface area (TPSA) is 99.7 Å². The van der Waals surface area contributed by atoms with E-state index in [2.05, 4.69) is 15.8 Å². The molecule has 0 radical (unpaired) electrons. The number of halogens is 1. The number of urea groups is 1. The van der Waals surface area contributed by atoms with Crippen LogP contribution in [0.25, 0.3) is 0 Å². The Morgan fingerprint density at radius 2 is 1.95 bits per heavy atom. The van der Waals surface area contributed by atoms with E-state index in [9.17, 15) is 9.18 Å². The van der Waals surface area contributed by atoms with Gasteiger partial charge in [-0.2, -0.15) is 0 Å². The average molecular weight is 294 g/mol. The largest absolute Gasteiger partial charge is 0.409 e. The first-order valence-electron chi connectivity index (χ1n) is 6.89. The zero-order valence-electron chi connectivity index (χ0n) is 11.6. The Hall–Kier alpha value is -2.31. The lowest BCUT2D eigenvalue weighted by Crippen LogP contribution is -2.59. The molecule has 2 amide bonds. The molecule has 114 valence electrons. The van der Waals surface area contributed by atoms with E-state index in [1.165, 1.54) is 18.2 Å². The van der Waals surface area contributed by atoms with Crippen molar-refractivity contribution in [2.75, 3.05) is 5.32 Å². The van der Waals surface area contributed by atoms with Gasteiger partial charge in [0.25, 0.3) is 0 Å². The monoisotopic (exact) mass is 294 g/mol. The predicted octanol–water partition coefficient (Wildman–Crippen LogP) is 2.40. The van der Waals surface area contributed by atoms with Crippen LogP contribution in [0.2, 0.25) is 0 Å². The third-order valence-corrected chi connectivity index (χ3v) is 3.78. The molecule has 0 spiro atoms. The second-order valence-electron chi connectivity index (χ2n) is 5.19. The molecule has 1 aromatic rings. The number of amides is 2. The Labute approximate surface area is 122 Å². The summed E-state index contributed by atoms with van der Waals surface area (Å²) >= 11 is 0. The molecular weight excluding hydrogens is 275 g/mol. The Morgan fingerprint density at radius 3 is 2.57 bits per heavy atom. The predicted molar refractivity (Wildman–Crippen MR) is 77.8 cm³/mol. The molecular formula is C14H19FN4O2. The van der Waals surface area contributed by atoms with Crippen LogP contribution >= 0.6 is 0 Å². The minimum absolute atomic E-state index is 0.0223. The molecule has 0 bridgehead atoms. The third-order valence-electron chi connectivity index (χ3n) is 3.78. The first-order valence-corrected chi connectivity index (χ1v) is 6.89. The molecule has 21 heavy (non-hydrogen) atoms. The van der Waals surface area contributed by atoms with Crippen molar-refractivity contribution in [1.82, 2.24) is 5.32 Å². The number of nitrogens with one attached hydrogen (secondary N) is 2. The lowest BCUT2D eigenvalue weighted by molar-refractivity contribution is 0.233. The number of hydrogen-bond donors (Lipinski definition) is 4. The van der Waals surface area contributed by atoms with E-state index < -0.39 is 17.4 Å². The van der Waals surface area contributed by atoms with Crippen LogP contribution in [-0.2, 0) is 0 Å². The molecule has 1 saturated carbocycles. The van der Waals surface area contributed by atoms with Crippen LogP contribution in [-0.4, -0.2) is 22.6 Å². The number of carbonyl (C=O) groups is 1. The summed E-state index contributed by atoms with van der Waals surface area (Å²) < 4.78 is 13.5. The molecule has 0 aliphatic heterocycles. The van der Waals surface area contributed by atoms with Crippen molar-refractivity contribution in [3.8, 4) is 0 Å². The minimum atomic E-state index is -0.873. The second kappa shape index (κ2) is 6.43. The molecule has 1 aliphatic carbocycles. The van der Waals surface area contributed by atoms with Crippen molar-refractivity contribution in [3.05, 3.63) is 30.1 Å². The lowest BCUT2D eigenvalue weighted by Gasteiger charge is -2.36. The Kier molecular flexibility index (Phi) is 4.62. The molecule has 0 atom stereocenters. The Bertz CT molecular complexity index is 542. The summed E-state index contributed by atoms with van der Waals surface area (Å²) in [7, 11) is 0. The quantitative estimate of drug-likeness (QED) is 0.298. The standard InChI is InChI=1S/C14H19FN4O2/c15-10-6-2-3-7-11(10)17-13(20)18-14(12(16)19-21)8-4-1-5-9-14/h2-3,6-7,21H,1,4-5,8-9H2,(H2,16,19)(H2,17,18,20). The molecule has 0 aromatic heterocycles. The van der Waals surface area contributed by atoms with E-state index in [0.717, 1.165) is 19.3 Å². The first-order chi connectivity index (χ1) is 10.1. The van der Waals surface area contributed by atoms with Crippen molar-refractivity contribution in [3.63, 3.8) is 0 Å². The van der Waals surface area contributed by atoms with Crippen LogP contribution in [0.4, 0.5) is 14.9 Å². The van der Waals surface area contributed by atoms with Gasteiger partial charge < -0.3 is 21.6 Å². The summed E-state index contributed by atoms with van der Waals surface area (Å²) in [5.41, 5.74) is 4.95. The Balaban J connectivity index is 2.10. The van der Waals surface area contributed by atoms with Gasteiger partial charge in [-0.3, -0.25) is 0 Å². The van der Waals surface area contributed by atoms with Crippen molar-refractivity contribution < 1.29 is 14.4 Å². The highest BCUT2D eigenvalue weighted by molar-refractivity contribution is 5.97. The summed E-state index contributed by atoms with van der Waals surface area (Å²) in [5, 5.41) is 17.1. The van der Waals surface area contributed by atoms with Crippen molar-refractivity contribution in [2.24, 2.45) is 10.9 Å². The second-order valence-corrected chi connectivity index (χ2v) is 5.19. The number of para-hydroxylation sites is 1. The molecule has 7 heteroatoms. The van der Waals surface area contributed by atoms with Gasteiger partial charge in [-0.1, -0.05) is 36.6 Å². The number of hydrogen-bond acceptors (Lipinski definition) is 3. The molecule has 1 aliphatic rings. The number of amidine groups is 1. The first kappa shape index (κ1) is 15.1. The third kappa shape index (κ3) is 3.42. The zero-order valence-corrected chi connectivity index (χ0v) is 11.6. The number of nitrogens with zero attached hydrogens (tertiary/aromatic N) is 1. The molecule has 5 N–H and O–H groups in total. The molecule has 0 unspecified atom stereocenters. The fourth-order valence-corrected chi connectivity index (χ4v) is 2.63. The van der Waals surface area contributed by atoms with E-state index in [1.54, 1.807) is 6.07 Å².